The van der Waals surface area contributed by atoms with E-state index in [1.807, 2.05) is 30.3 Å². The summed E-state index contributed by atoms with van der Waals surface area (Å²) in [5, 5.41) is 0. The minimum atomic E-state index is 0.0136. The third-order valence-corrected chi connectivity index (χ3v) is 4.93. The first-order valence-corrected chi connectivity index (χ1v) is 8.23. The molecule has 0 radical (unpaired) electrons. The van der Waals surface area contributed by atoms with E-state index in [0.717, 1.165) is 26.4 Å². The Labute approximate surface area is 131 Å². The molecule has 0 aliphatic rings. The predicted molar refractivity (Wildman–Crippen MR) is 87.0 cm³/mol. The molecule has 2 rings (SSSR count). The maximum Gasteiger partial charge on any atom is 0.210 e. The van der Waals surface area contributed by atoms with Gasteiger partial charge >= 0.3 is 0 Å². The Kier molecular flexibility index (Phi) is 5.38. The van der Waals surface area contributed by atoms with E-state index in [4.69, 9.17) is 4.74 Å². The molecule has 1 aromatic heterocycles. The van der Waals surface area contributed by atoms with E-state index < -0.39 is 0 Å². The van der Waals surface area contributed by atoms with Gasteiger partial charge in [-0.1, -0.05) is 32.0 Å². The van der Waals surface area contributed by atoms with Crippen molar-refractivity contribution in [3.05, 3.63) is 50.6 Å². The van der Waals surface area contributed by atoms with E-state index in [9.17, 15) is 4.79 Å². The second kappa shape index (κ2) is 7.04. The fraction of sp³-hybridized carbons (Fsp3) is 0.312. The maximum absolute atomic E-state index is 12.0. The molecule has 20 heavy (non-hydrogen) atoms. The highest BCUT2D eigenvalue weighted by molar-refractivity contribution is 9.11. The molecule has 0 amide bonds. The molecule has 1 heterocycles. The number of Topliss-reactive ketones (excluding diaryl/α,β-unsaturated/α-hetero) is 1. The Morgan fingerprint density at radius 2 is 2.05 bits per heavy atom. The van der Waals surface area contributed by atoms with E-state index in [0.29, 0.717) is 5.92 Å². The van der Waals surface area contributed by atoms with Gasteiger partial charge in [-0.3, -0.25) is 4.79 Å². The van der Waals surface area contributed by atoms with Crippen LogP contribution in [0.4, 0.5) is 0 Å². The van der Waals surface area contributed by atoms with Gasteiger partial charge in [-0.15, -0.1) is 11.3 Å². The van der Waals surface area contributed by atoms with E-state index in [1.54, 1.807) is 0 Å². The fourth-order valence-corrected chi connectivity index (χ4v) is 3.23. The van der Waals surface area contributed by atoms with Crippen molar-refractivity contribution in [2.24, 2.45) is 0 Å². The number of benzene rings is 1. The molecule has 2 aromatic rings. The number of rotatable bonds is 6. The monoisotopic (exact) mass is 352 g/mol. The Morgan fingerprint density at radius 1 is 1.30 bits per heavy atom. The minimum Gasteiger partial charge on any atom is -0.485 e. The Hall–Kier alpha value is -1.13. The van der Waals surface area contributed by atoms with Crippen molar-refractivity contribution in [1.82, 2.24) is 0 Å². The molecule has 2 nitrogen and oxygen atoms in total. The topological polar surface area (TPSA) is 26.3 Å². The molecule has 0 saturated heterocycles. The molecular formula is C16H17BrO2S. The zero-order valence-corrected chi connectivity index (χ0v) is 14.0. The first-order chi connectivity index (χ1) is 9.61. The van der Waals surface area contributed by atoms with Gasteiger partial charge in [0.15, 0.2) is 6.61 Å². The molecule has 0 fully saturated rings. The molecule has 0 N–H and O–H groups in total. The molecule has 0 aliphatic carbocycles. The lowest BCUT2D eigenvalue weighted by atomic mass is 9.98. The Bertz CT molecular complexity index is 592. The third-order valence-electron chi connectivity index (χ3n) is 3.27. The van der Waals surface area contributed by atoms with Crippen molar-refractivity contribution >= 4 is 33.0 Å². The van der Waals surface area contributed by atoms with Gasteiger partial charge in [-0.25, -0.2) is 0 Å². The summed E-state index contributed by atoms with van der Waals surface area (Å²) in [6.45, 7) is 4.40. The Morgan fingerprint density at radius 3 is 2.70 bits per heavy atom. The van der Waals surface area contributed by atoms with Gasteiger partial charge in [0.25, 0.3) is 0 Å². The number of halogens is 1. The van der Waals surface area contributed by atoms with Crippen LogP contribution in [0.3, 0.4) is 0 Å². The summed E-state index contributed by atoms with van der Waals surface area (Å²) in [5.74, 6) is 1.25. The largest absolute Gasteiger partial charge is 0.485 e. The summed E-state index contributed by atoms with van der Waals surface area (Å²) in [6, 6.07) is 11.6. The molecule has 0 aliphatic heterocycles. The van der Waals surface area contributed by atoms with E-state index in [1.165, 1.54) is 11.3 Å². The third kappa shape index (κ3) is 3.70. The molecule has 0 bridgehead atoms. The fourth-order valence-electron chi connectivity index (χ4n) is 1.92. The lowest BCUT2D eigenvalue weighted by molar-refractivity contribution is 0.0924. The standard InChI is InChI=1S/C16H17BrO2S/c1-3-11(2)12-6-4-5-7-14(12)19-10-13(18)15-8-9-16(17)20-15/h4-9,11H,3,10H2,1-2H3. The maximum atomic E-state index is 12.0. The van der Waals surface area contributed by atoms with Crippen LogP contribution in [0.1, 0.15) is 41.4 Å². The number of carbonyl (C=O) groups is 1. The number of carbonyl (C=O) groups excluding carboxylic acids is 1. The van der Waals surface area contributed by atoms with Crippen molar-refractivity contribution in [1.29, 1.82) is 0 Å². The molecule has 1 atom stereocenters. The SMILES string of the molecule is CCC(C)c1ccccc1OCC(=O)c1ccc(Br)s1. The number of ketones is 1. The van der Waals surface area contributed by atoms with Crippen molar-refractivity contribution < 1.29 is 9.53 Å². The molecule has 106 valence electrons. The first kappa shape index (κ1) is 15.3. The normalized spacial score (nSPS) is 12.2. The minimum absolute atomic E-state index is 0.0136. The van der Waals surface area contributed by atoms with E-state index in [2.05, 4.69) is 35.8 Å². The number of para-hydroxylation sites is 1. The number of hydrogen-bond donors (Lipinski definition) is 0. The molecular weight excluding hydrogens is 336 g/mol. The van der Waals surface area contributed by atoms with Crippen LogP contribution >= 0.6 is 27.3 Å². The second-order valence-corrected chi connectivity index (χ2v) is 7.13. The van der Waals surface area contributed by atoms with Gasteiger partial charge in [0.05, 0.1) is 8.66 Å². The van der Waals surface area contributed by atoms with Crippen molar-refractivity contribution in [3.63, 3.8) is 0 Å². The number of hydrogen-bond acceptors (Lipinski definition) is 3. The smallest absolute Gasteiger partial charge is 0.210 e. The average molecular weight is 353 g/mol. The van der Waals surface area contributed by atoms with Crippen LogP contribution in [0.2, 0.25) is 0 Å². The highest BCUT2D eigenvalue weighted by Crippen LogP contribution is 2.29. The van der Waals surface area contributed by atoms with Gasteiger partial charge in [0.1, 0.15) is 5.75 Å². The average Bonchev–Trinajstić information content (AvgIpc) is 2.91. The van der Waals surface area contributed by atoms with Crippen LogP contribution in [-0.2, 0) is 0 Å². The molecule has 1 unspecified atom stereocenters. The second-order valence-electron chi connectivity index (χ2n) is 4.66. The van der Waals surface area contributed by atoms with E-state index >= 15 is 0 Å². The summed E-state index contributed by atoms with van der Waals surface area (Å²) >= 11 is 4.80. The van der Waals surface area contributed by atoms with Gasteiger partial charge in [-0.2, -0.15) is 0 Å². The highest BCUT2D eigenvalue weighted by atomic mass is 79.9. The molecule has 0 saturated carbocycles. The van der Waals surface area contributed by atoms with Crippen molar-refractivity contribution in [3.8, 4) is 5.75 Å². The van der Waals surface area contributed by atoms with Gasteiger partial charge < -0.3 is 4.74 Å². The first-order valence-electron chi connectivity index (χ1n) is 6.62. The van der Waals surface area contributed by atoms with Gasteiger partial charge in [0.2, 0.25) is 5.78 Å². The van der Waals surface area contributed by atoms with Crippen molar-refractivity contribution in [2.45, 2.75) is 26.2 Å². The zero-order valence-electron chi connectivity index (χ0n) is 11.6. The predicted octanol–water partition coefficient (Wildman–Crippen LogP) is 5.29. The van der Waals surface area contributed by atoms with Crippen LogP contribution in [-0.4, -0.2) is 12.4 Å². The van der Waals surface area contributed by atoms with Crippen molar-refractivity contribution in [2.75, 3.05) is 6.61 Å². The molecule has 1 aromatic carbocycles. The van der Waals surface area contributed by atoms with E-state index in [-0.39, 0.29) is 12.4 Å². The summed E-state index contributed by atoms with van der Waals surface area (Å²) in [7, 11) is 0. The van der Waals surface area contributed by atoms with Crippen LogP contribution in [0.15, 0.2) is 40.2 Å². The number of ether oxygens (including phenoxy) is 1. The zero-order chi connectivity index (χ0) is 14.5. The summed E-state index contributed by atoms with van der Waals surface area (Å²) in [6.07, 6.45) is 1.05. The van der Waals surface area contributed by atoms with Crippen LogP contribution in [0.5, 0.6) is 5.75 Å². The highest BCUT2D eigenvalue weighted by Gasteiger charge is 2.13. The van der Waals surface area contributed by atoms with Gasteiger partial charge in [0, 0.05) is 0 Å². The van der Waals surface area contributed by atoms with Crippen LogP contribution in [0, 0.1) is 0 Å². The summed E-state index contributed by atoms with van der Waals surface area (Å²) in [4.78, 5) is 12.8. The number of thiophene rings is 1. The summed E-state index contributed by atoms with van der Waals surface area (Å²) < 4.78 is 6.69. The quantitative estimate of drug-likeness (QED) is 0.660. The lowest BCUT2D eigenvalue weighted by Gasteiger charge is -2.15. The van der Waals surface area contributed by atoms with Crippen LogP contribution < -0.4 is 4.74 Å². The lowest BCUT2D eigenvalue weighted by Crippen LogP contribution is -2.11. The molecule has 0 spiro atoms. The summed E-state index contributed by atoms with van der Waals surface area (Å²) in [5.41, 5.74) is 1.16. The Balaban J connectivity index is 2.06. The molecule has 4 heteroatoms. The van der Waals surface area contributed by atoms with Gasteiger partial charge in [-0.05, 0) is 52.0 Å². The van der Waals surface area contributed by atoms with Crippen LogP contribution in [0.25, 0.3) is 0 Å².